The largest absolute Gasteiger partial charge is 0.368 e. The van der Waals surface area contributed by atoms with Gasteiger partial charge in [-0.05, 0) is 20.8 Å². The number of carbonyl (C=O) groups excluding carboxylic acids is 2. The number of nitrogens with two attached hydrogens (primary N) is 1. The Morgan fingerprint density at radius 3 is 2.00 bits per heavy atom. The number of carbonyl (C=O) groups is 2. The Morgan fingerprint density at radius 2 is 1.67 bits per heavy atom. The summed E-state index contributed by atoms with van der Waals surface area (Å²) in [6.07, 6.45) is 0. The van der Waals surface area contributed by atoms with Crippen LogP contribution in [-0.2, 0) is 4.79 Å². The molecular formula is C7H15N3O2. The van der Waals surface area contributed by atoms with E-state index in [2.05, 4.69) is 10.6 Å². The number of hydrogen-bond donors (Lipinski definition) is 3. The number of primary amides is 1. The zero-order valence-corrected chi connectivity index (χ0v) is 7.55. The average Bonchev–Trinajstić information content (AvgIpc) is 1.84. The summed E-state index contributed by atoms with van der Waals surface area (Å²) in [6.45, 7) is 5.19. The molecule has 12 heavy (non-hydrogen) atoms. The lowest BCUT2D eigenvalue weighted by atomic mass is 10.3. The van der Waals surface area contributed by atoms with E-state index >= 15 is 0 Å². The molecular weight excluding hydrogens is 158 g/mol. The summed E-state index contributed by atoms with van der Waals surface area (Å²) in [5.41, 5.74) is 4.93. The molecule has 0 radical (unpaired) electrons. The third kappa shape index (κ3) is 4.54. The Morgan fingerprint density at radius 1 is 1.17 bits per heavy atom. The quantitative estimate of drug-likeness (QED) is 0.541. The van der Waals surface area contributed by atoms with Gasteiger partial charge in [0.1, 0.15) is 6.04 Å². The van der Waals surface area contributed by atoms with E-state index in [1.165, 1.54) is 6.92 Å². The van der Waals surface area contributed by atoms with Crippen molar-refractivity contribution in [3.05, 3.63) is 0 Å². The number of rotatable bonds is 3. The molecule has 5 nitrogen and oxygen atoms in total. The van der Waals surface area contributed by atoms with Crippen LogP contribution < -0.4 is 16.4 Å². The summed E-state index contributed by atoms with van der Waals surface area (Å²) in [5, 5.41) is 4.96. The van der Waals surface area contributed by atoms with Gasteiger partial charge in [0.2, 0.25) is 5.91 Å². The van der Waals surface area contributed by atoms with E-state index in [0.717, 1.165) is 0 Å². The smallest absolute Gasteiger partial charge is 0.315 e. The molecule has 0 aromatic carbocycles. The van der Waals surface area contributed by atoms with Crippen LogP contribution in [0, 0.1) is 0 Å². The Balaban J connectivity index is 3.77. The van der Waals surface area contributed by atoms with Gasteiger partial charge in [0, 0.05) is 6.04 Å². The Hall–Kier alpha value is -1.26. The second-order valence-electron chi connectivity index (χ2n) is 2.90. The van der Waals surface area contributed by atoms with Crippen LogP contribution in [-0.4, -0.2) is 24.0 Å². The lowest BCUT2D eigenvalue weighted by Crippen LogP contribution is -2.48. The third-order valence-corrected chi connectivity index (χ3v) is 1.19. The molecule has 0 aliphatic heterocycles. The number of amides is 3. The van der Waals surface area contributed by atoms with Crippen molar-refractivity contribution in [2.75, 3.05) is 0 Å². The minimum atomic E-state index is -0.635. The molecule has 0 aliphatic rings. The minimum Gasteiger partial charge on any atom is -0.368 e. The molecule has 0 aromatic rings. The number of urea groups is 1. The Bertz CT molecular complexity index is 179. The first-order valence-electron chi connectivity index (χ1n) is 3.79. The van der Waals surface area contributed by atoms with Crippen LogP contribution in [0.2, 0.25) is 0 Å². The topological polar surface area (TPSA) is 84.2 Å². The van der Waals surface area contributed by atoms with Gasteiger partial charge in [0.25, 0.3) is 0 Å². The van der Waals surface area contributed by atoms with E-state index in [9.17, 15) is 9.59 Å². The highest BCUT2D eigenvalue weighted by atomic mass is 16.2. The van der Waals surface area contributed by atoms with Crippen molar-refractivity contribution in [1.29, 1.82) is 0 Å². The molecule has 5 heteroatoms. The van der Waals surface area contributed by atoms with E-state index in [4.69, 9.17) is 5.73 Å². The van der Waals surface area contributed by atoms with E-state index < -0.39 is 11.9 Å². The predicted molar refractivity (Wildman–Crippen MR) is 45.5 cm³/mol. The normalized spacial score (nSPS) is 12.3. The third-order valence-electron chi connectivity index (χ3n) is 1.19. The molecule has 0 unspecified atom stereocenters. The molecule has 0 rings (SSSR count). The van der Waals surface area contributed by atoms with Crippen molar-refractivity contribution in [3.63, 3.8) is 0 Å². The van der Waals surface area contributed by atoms with Crippen LogP contribution >= 0.6 is 0 Å². The van der Waals surface area contributed by atoms with Crippen molar-refractivity contribution in [2.45, 2.75) is 32.9 Å². The van der Waals surface area contributed by atoms with Crippen molar-refractivity contribution in [1.82, 2.24) is 10.6 Å². The minimum absolute atomic E-state index is 0.0464. The molecule has 0 aliphatic carbocycles. The van der Waals surface area contributed by atoms with Gasteiger partial charge in [-0.1, -0.05) is 0 Å². The van der Waals surface area contributed by atoms with Crippen molar-refractivity contribution < 1.29 is 9.59 Å². The van der Waals surface area contributed by atoms with E-state index in [1.54, 1.807) is 0 Å². The van der Waals surface area contributed by atoms with Gasteiger partial charge in [-0.25, -0.2) is 4.79 Å². The van der Waals surface area contributed by atoms with Gasteiger partial charge in [0.15, 0.2) is 0 Å². The van der Waals surface area contributed by atoms with Crippen LogP contribution in [0.25, 0.3) is 0 Å². The number of hydrogen-bond acceptors (Lipinski definition) is 2. The highest BCUT2D eigenvalue weighted by Crippen LogP contribution is 1.81. The maximum Gasteiger partial charge on any atom is 0.315 e. The average molecular weight is 173 g/mol. The molecule has 70 valence electrons. The summed E-state index contributed by atoms with van der Waals surface area (Å²) < 4.78 is 0. The van der Waals surface area contributed by atoms with Crippen LogP contribution in [0.4, 0.5) is 4.79 Å². The van der Waals surface area contributed by atoms with Gasteiger partial charge < -0.3 is 16.4 Å². The molecule has 0 fully saturated rings. The molecule has 3 amide bonds. The van der Waals surface area contributed by atoms with Crippen LogP contribution in [0.15, 0.2) is 0 Å². The van der Waals surface area contributed by atoms with Crippen molar-refractivity contribution in [3.8, 4) is 0 Å². The summed E-state index contributed by atoms with van der Waals surface area (Å²) in [7, 11) is 0. The molecule has 0 aromatic heterocycles. The van der Waals surface area contributed by atoms with Crippen molar-refractivity contribution >= 4 is 11.9 Å². The van der Waals surface area contributed by atoms with Gasteiger partial charge >= 0.3 is 6.03 Å². The zero-order valence-electron chi connectivity index (χ0n) is 7.55. The maximum atomic E-state index is 10.9. The fourth-order valence-electron chi connectivity index (χ4n) is 0.572. The van der Waals surface area contributed by atoms with Crippen LogP contribution in [0.3, 0.4) is 0 Å². The fraction of sp³-hybridized carbons (Fsp3) is 0.714. The van der Waals surface area contributed by atoms with E-state index in [-0.39, 0.29) is 12.1 Å². The second kappa shape index (κ2) is 4.58. The van der Waals surface area contributed by atoms with Gasteiger partial charge in [-0.15, -0.1) is 0 Å². The second-order valence-corrected chi connectivity index (χ2v) is 2.90. The summed E-state index contributed by atoms with van der Waals surface area (Å²) in [4.78, 5) is 21.4. The highest BCUT2D eigenvalue weighted by Gasteiger charge is 2.11. The zero-order chi connectivity index (χ0) is 9.72. The molecule has 0 bridgehead atoms. The van der Waals surface area contributed by atoms with Gasteiger partial charge in [0.05, 0.1) is 0 Å². The fourth-order valence-corrected chi connectivity index (χ4v) is 0.572. The highest BCUT2D eigenvalue weighted by molar-refractivity contribution is 5.85. The first kappa shape index (κ1) is 10.7. The van der Waals surface area contributed by atoms with Gasteiger partial charge in [-0.3, -0.25) is 4.79 Å². The molecule has 0 spiro atoms. The standard InChI is InChI=1S/C7H15N3O2/c1-4(2)9-7(12)10-5(3)6(8)11/h4-5H,1-3H3,(H2,8,11)(H2,9,10,12)/t5-/m0/s1. The monoisotopic (exact) mass is 173 g/mol. The van der Waals surface area contributed by atoms with Crippen molar-refractivity contribution in [2.24, 2.45) is 5.73 Å². The lowest BCUT2D eigenvalue weighted by Gasteiger charge is -2.13. The van der Waals surface area contributed by atoms with Gasteiger partial charge in [-0.2, -0.15) is 0 Å². The first-order chi connectivity index (χ1) is 5.43. The molecule has 0 saturated heterocycles. The summed E-state index contributed by atoms with van der Waals surface area (Å²) in [6, 6.07) is -0.967. The molecule has 0 saturated carbocycles. The van der Waals surface area contributed by atoms with E-state index in [1.807, 2.05) is 13.8 Å². The Labute approximate surface area is 71.7 Å². The van der Waals surface area contributed by atoms with E-state index in [0.29, 0.717) is 0 Å². The SMILES string of the molecule is CC(C)NC(=O)N[C@@H](C)C(N)=O. The predicted octanol–water partition coefficient (Wildman–Crippen LogP) is -0.432. The summed E-state index contributed by atoms with van der Waals surface area (Å²) >= 11 is 0. The molecule has 0 heterocycles. The van der Waals surface area contributed by atoms with Crippen LogP contribution in [0.5, 0.6) is 0 Å². The first-order valence-corrected chi connectivity index (χ1v) is 3.79. The van der Waals surface area contributed by atoms with Crippen LogP contribution in [0.1, 0.15) is 20.8 Å². The summed E-state index contributed by atoms with van der Waals surface area (Å²) in [5.74, 6) is -0.547. The lowest BCUT2D eigenvalue weighted by molar-refractivity contribution is -0.119. The maximum absolute atomic E-state index is 10.9. The molecule has 4 N–H and O–H groups in total. The molecule has 1 atom stereocenters. The Kier molecular flexibility index (Phi) is 4.10. The number of nitrogens with one attached hydrogen (secondary N) is 2.